The van der Waals surface area contributed by atoms with Crippen molar-refractivity contribution in [2.45, 2.75) is 6.92 Å². The molecule has 0 amide bonds. The molecule has 0 saturated carbocycles. The Labute approximate surface area is 138 Å². The maximum Gasteiger partial charge on any atom is 0.0425 e. The monoisotopic (exact) mass is 297 g/mol. The van der Waals surface area contributed by atoms with Crippen molar-refractivity contribution in [3.8, 4) is 23.7 Å². The van der Waals surface area contributed by atoms with Crippen LogP contribution in [-0.2, 0) is 7.05 Å². The molecule has 0 aliphatic carbocycles. The standard InChI is InChI=1S/C22H19N/c1-4-6-7-19(5-2)8-9-20-10-12-21(13-11-20)14-15-22-16-17-23(3)18-22/h4-7,10-13,16-18H,1H2,2-3H3/b7-6-,19-5+. The highest BCUT2D eigenvalue weighted by Gasteiger charge is 1.91. The van der Waals surface area contributed by atoms with Gasteiger partial charge in [-0.15, -0.1) is 0 Å². The summed E-state index contributed by atoms with van der Waals surface area (Å²) in [5, 5.41) is 0. The predicted molar refractivity (Wildman–Crippen MR) is 97.8 cm³/mol. The lowest BCUT2D eigenvalue weighted by atomic mass is 10.1. The van der Waals surface area contributed by atoms with E-state index in [1.54, 1.807) is 6.08 Å². The Kier molecular flexibility index (Phi) is 5.87. The summed E-state index contributed by atoms with van der Waals surface area (Å²) in [5.74, 6) is 12.6. The van der Waals surface area contributed by atoms with Gasteiger partial charge in [-0.1, -0.05) is 48.5 Å². The smallest absolute Gasteiger partial charge is 0.0425 e. The average Bonchev–Trinajstić information content (AvgIpc) is 2.99. The van der Waals surface area contributed by atoms with Crippen LogP contribution < -0.4 is 0 Å². The fraction of sp³-hybridized carbons (Fsp3) is 0.0909. The number of aryl methyl sites for hydroxylation is 1. The molecule has 0 bridgehead atoms. The summed E-state index contributed by atoms with van der Waals surface area (Å²) in [5.41, 5.74) is 3.94. The van der Waals surface area contributed by atoms with Crippen molar-refractivity contribution in [3.63, 3.8) is 0 Å². The quantitative estimate of drug-likeness (QED) is 0.569. The van der Waals surface area contributed by atoms with Crippen molar-refractivity contribution in [3.05, 3.63) is 95.9 Å². The minimum Gasteiger partial charge on any atom is -0.356 e. The van der Waals surface area contributed by atoms with Crippen molar-refractivity contribution >= 4 is 0 Å². The third-order valence-corrected chi connectivity index (χ3v) is 3.14. The molecule has 1 aromatic heterocycles. The van der Waals surface area contributed by atoms with Crippen LogP contribution in [0.1, 0.15) is 23.6 Å². The summed E-state index contributed by atoms with van der Waals surface area (Å²) in [6.07, 6.45) is 11.5. The molecule has 23 heavy (non-hydrogen) atoms. The third kappa shape index (κ3) is 5.27. The molecule has 112 valence electrons. The molecule has 1 heterocycles. The molecule has 0 atom stereocenters. The van der Waals surface area contributed by atoms with Gasteiger partial charge in [-0.3, -0.25) is 0 Å². The summed E-state index contributed by atoms with van der Waals surface area (Å²) < 4.78 is 1.99. The second-order valence-electron chi connectivity index (χ2n) is 4.98. The molecule has 0 radical (unpaired) electrons. The zero-order chi connectivity index (χ0) is 16.5. The van der Waals surface area contributed by atoms with Gasteiger partial charge in [0.05, 0.1) is 0 Å². The molecule has 2 rings (SSSR count). The zero-order valence-electron chi connectivity index (χ0n) is 13.5. The molecule has 1 heteroatoms. The van der Waals surface area contributed by atoms with E-state index in [0.29, 0.717) is 0 Å². The van der Waals surface area contributed by atoms with Crippen molar-refractivity contribution in [2.75, 3.05) is 0 Å². The highest BCUT2D eigenvalue weighted by atomic mass is 14.9. The van der Waals surface area contributed by atoms with Gasteiger partial charge in [-0.2, -0.15) is 0 Å². The fourth-order valence-corrected chi connectivity index (χ4v) is 1.88. The number of benzene rings is 1. The van der Waals surface area contributed by atoms with E-state index in [2.05, 4.69) is 30.3 Å². The number of hydrogen-bond donors (Lipinski definition) is 0. The summed E-state index contributed by atoms with van der Waals surface area (Å²) >= 11 is 0. The first-order valence-electron chi connectivity index (χ1n) is 7.43. The van der Waals surface area contributed by atoms with Crippen LogP contribution in [0.5, 0.6) is 0 Å². The Balaban J connectivity index is 2.10. The van der Waals surface area contributed by atoms with E-state index in [-0.39, 0.29) is 0 Å². The molecular formula is C22H19N. The highest BCUT2D eigenvalue weighted by molar-refractivity contribution is 5.48. The van der Waals surface area contributed by atoms with Crippen LogP contribution in [0.15, 0.2) is 79.2 Å². The summed E-state index contributed by atoms with van der Waals surface area (Å²) in [7, 11) is 1.99. The van der Waals surface area contributed by atoms with Gasteiger partial charge in [0.25, 0.3) is 0 Å². The van der Waals surface area contributed by atoms with Gasteiger partial charge in [0.2, 0.25) is 0 Å². The fourth-order valence-electron chi connectivity index (χ4n) is 1.88. The van der Waals surface area contributed by atoms with E-state index in [4.69, 9.17) is 0 Å². The number of allylic oxidation sites excluding steroid dienone is 5. The highest BCUT2D eigenvalue weighted by Crippen LogP contribution is 2.04. The van der Waals surface area contributed by atoms with Crippen molar-refractivity contribution in [1.29, 1.82) is 0 Å². The average molecular weight is 297 g/mol. The van der Waals surface area contributed by atoms with Gasteiger partial charge in [0.15, 0.2) is 0 Å². The van der Waals surface area contributed by atoms with E-state index in [0.717, 1.165) is 22.3 Å². The topological polar surface area (TPSA) is 4.93 Å². The van der Waals surface area contributed by atoms with Crippen LogP contribution in [0.2, 0.25) is 0 Å². The van der Waals surface area contributed by atoms with E-state index in [9.17, 15) is 0 Å². The van der Waals surface area contributed by atoms with Crippen molar-refractivity contribution < 1.29 is 0 Å². The molecule has 0 aliphatic heterocycles. The molecular weight excluding hydrogens is 278 g/mol. The van der Waals surface area contributed by atoms with Crippen LogP contribution in [0.3, 0.4) is 0 Å². The van der Waals surface area contributed by atoms with Crippen LogP contribution in [0, 0.1) is 23.7 Å². The van der Waals surface area contributed by atoms with Crippen LogP contribution in [-0.4, -0.2) is 4.57 Å². The lowest BCUT2D eigenvalue weighted by molar-refractivity contribution is 0.927. The molecule has 0 saturated heterocycles. The molecule has 1 aromatic carbocycles. The maximum absolute atomic E-state index is 3.66. The van der Waals surface area contributed by atoms with Gasteiger partial charge in [0.1, 0.15) is 0 Å². The van der Waals surface area contributed by atoms with E-state index in [1.807, 2.05) is 79.5 Å². The van der Waals surface area contributed by atoms with Gasteiger partial charge < -0.3 is 4.57 Å². The van der Waals surface area contributed by atoms with Gasteiger partial charge in [-0.25, -0.2) is 0 Å². The number of aromatic nitrogens is 1. The molecule has 2 aromatic rings. The van der Waals surface area contributed by atoms with E-state index in [1.165, 1.54) is 0 Å². The zero-order valence-corrected chi connectivity index (χ0v) is 13.5. The van der Waals surface area contributed by atoms with Crippen molar-refractivity contribution in [1.82, 2.24) is 4.57 Å². The first-order valence-corrected chi connectivity index (χ1v) is 7.43. The van der Waals surface area contributed by atoms with Crippen LogP contribution in [0.25, 0.3) is 0 Å². The molecule has 0 N–H and O–H groups in total. The molecule has 0 unspecified atom stereocenters. The second-order valence-corrected chi connectivity index (χ2v) is 4.98. The van der Waals surface area contributed by atoms with E-state index >= 15 is 0 Å². The second kappa shape index (κ2) is 8.32. The maximum atomic E-state index is 3.66. The lowest BCUT2D eigenvalue weighted by Crippen LogP contribution is -1.79. The minimum absolute atomic E-state index is 0.970. The van der Waals surface area contributed by atoms with E-state index < -0.39 is 0 Å². The summed E-state index contributed by atoms with van der Waals surface area (Å²) in [6, 6.07) is 9.98. The number of rotatable bonds is 2. The number of nitrogens with zero attached hydrogens (tertiary/aromatic N) is 1. The third-order valence-electron chi connectivity index (χ3n) is 3.14. The predicted octanol–water partition coefficient (Wildman–Crippen LogP) is 4.46. The molecule has 1 nitrogen and oxygen atoms in total. The Hall–Kier alpha value is -3.16. The SMILES string of the molecule is C=C/C=C\C(C#Cc1ccc(C#Cc2ccn(C)c2)cc1)=C/C. The van der Waals surface area contributed by atoms with Crippen molar-refractivity contribution in [2.24, 2.45) is 7.05 Å². The largest absolute Gasteiger partial charge is 0.356 e. The van der Waals surface area contributed by atoms with Gasteiger partial charge in [0, 0.05) is 41.7 Å². The summed E-state index contributed by atoms with van der Waals surface area (Å²) in [6.45, 7) is 5.63. The Morgan fingerprint density at radius 3 is 2.22 bits per heavy atom. The van der Waals surface area contributed by atoms with Gasteiger partial charge >= 0.3 is 0 Å². The molecule has 0 fully saturated rings. The van der Waals surface area contributed by atoms with Crippen LogP contribution in [0.4, 0.5) is 0 Å². The minimum atomic E-state index is 0.970. The first kappa shape index (κ1) is 16.2. The first-order chi connectivity index (χ1) is 11.2. The van der Waals surface area contributed by atoms with Gasteiger partial charge in [-0.05, 0) is 43.3 Å². The van der Waals surface area contributed by atoms with Crippen LogP contribution >= 0.6 is 0 Å². The number of hydrogen-bond acceptors (Lipinski definition) is 0. The molecule has 0 spiro atoms. The Bertz CT molecular complexity index is 850. The Morgan fingerprint density at radius 1 is 1.00 bits per heavy atom. The Morgan fingerprint density at radius 2 is 1.65 bits per heavy atom. The lowest BCUT2D eigenvalue weighted by Gasteiger charge is -1.92. The normalized spacial score (nSPS) is 10.6. The molecule has 0 aliphatic rings. The summed E-state index contributed by atoms with van der Waals surface area (Å²) in [4.78, 5) is 0.